The van der Waals surface area contributed by atoms with Crippen LogP contribution in [0.3, 0.4) is 0 Å². The maximum Gasteiger partial charge on any atom is 0.386 e. The van der Waals surface area contributed by atoms with Gasteiger partial charge in [0.15, 0.2) is 35.0 Å². The van der Waals surface area contributed by atoms with E-state index in [1.165, 1.54) is 21.8 Å². The van der Waals surface area contributed by atoms with E-state index in [0.29, 0.717) is 0 Å². The lowest BCUT2D eigenvalue weighted by Gasteiger charge is -2.26. The Hall–Kier alpha value is -2.30. The average molecular weight is 727 g/mol. The number of nitrogens with two attached hydrogens (primary N) is 2. The molecule has 4 aromatic heterocycles. The van der Waals surface area contributed by atoms with E-state index in [-0.39, 0.29) is 34.1 Å². The van der Waals surface area contributed by atoms with Crippen LogP contribution in [0.1, 0.15) is 11.6 Å². The number of hydrogen-bond acceptors (Lipinski definition) is 17. The summed E-state index contributed by atoms with van der Waals surface area (Å²) in [6.07, 6.45) is -5.27. The molecule has 4 aromatic rings. The third-order valence-corrected chi connectivity index (χ3v) is 11.0. The number of thioether (sulfide) groups is 1. The number of aliphatic hydroxyl groups is 2. The number of nitrogens with zero attached hydrogens (tertiary/aromatic N) is 7. The van der Waals surface area contributed by atoms with Crippen molar-refractivity contribution in [3.63, 3.8) is 0 Å². The number of nitrogen functional groups attached to an aromatic ring is 2. The van der Waals surface area contributed by atoms with E-state index in [0.717, 1.165) is 18.1 Å². The van der Waals surface area contributed by atoms with Crippen LogP contribution in [0.4, 0.5) is 16.2 Å². The molecule has 0 spiro atoms. The van der Waals surface area contributed by atoms with E-state index < -0.39 is 80.2 Å². The van der Waals surface area contributed by atoms with Gasteiger partial charge in [-0.25, -0.2) is 28.9 Å². The summed E-state index contributed by atoms with van der Waals surface area (Å²) in [6, 6.07) is 0. The molecule has 45 heavy (non-hydrogen) atoms. The summed E-state index contributed by atoms with van der Waals surface area (Å²) >= 11 is 8.84. The predicted molar refractivity (Wildman–Crippen MR) is 165 cm³/mol. The van der Waals surface area contributed by atoms with Crippen molar-refractivity contribution in [2.45, 2.75) is 47.4 Å². The van der Waals surface area contributed by atoms with Gasteiger partial charge in [0.05, 0.1) is 37.2 Å². The lowest BCUT2D eigenvalue weighted by atomic mass is 10.1. The van der Waals surface area contributed by atoms with Crippen LogP contribution in [0.15, 0.2) is 23.8 Å². The Kier molecular flexibility index (Phi) is 9.22. The lowest BCUT2D eigenvalue weighted by molar-refractivity contribution is -0.0427. The summed E-state index contributed by atoms with van der Waals surface area (Å²) in [4.78, 5) is 34.8. The molecule has 2 saturated heterocycles. The third-order valence-electron chi connectivity index (χ3n) is 7.04. The van der Waals surface area contributed by atoms with Crippen LogP contribution < -0.4 is 17.0 Å². The first kappa shape index (κ1) is 32.6. The van der Waals surface area contributed by atoms with Crippen molar-refractivity contribution >= 4 is 84.4 Å². The van der Waals surface area contributed by atoms with Gasteiger partial charge in [-0.3, -0.25) is 32.5 Å². The molecule has 7 N–H and O–H groups in total. The number of aliphatic hydroxyl groups excluding tert-OH is 2. The first-order chi connectivity index (χ1) is 21.4. The molecule has 2 aliphatic rings. The fraction of sp³-hybridized carbons (Fsp3) is 0.500. The number of rotatable bonds is 10. The summed E-state index contributed by atoms with van der Waals surface area (Å²) in [6.45, 7) is -5.53. The van der Waals surface area contributed by atoms with Crippen molar-refractivity contribution < 1.29 is 42.0 Å². The molecule has 0 aliphatic carbocycles. The van der Waals surface area contributed by atoms with Crippen molar-refractivity contribution in [3.05, 3.63) is 29.3 Å². The summed E-state index contributed by atoms with van der Waals surface area (Å²) in [7, 11) is -2.99. The SMILES string of the molecule is Nc1nc2c(ncn2[C@@H]2S[C@H](CO)[C@@H](O)[C@H]2OP(=O)(S)OC[C@H]2OC(n3cnc4c(N)ncnc43)[C@@H](F)[C@@H]2O[PH](=O)S)c(=O)[nH]1. The summed E-state index contributed by atoms with van der Waals surface area (Å²) in [5.74, 6) is -0.143. The van der Waals surface area contributed by atoms with Gasteiger partial charge in [-0.1, -0.05) is 24.5 Å². The number of alkyl halides is 1. The van der Waals surface area contributed by atoms with Gasteiger partial charge in [0.25, 0.3) is 5.56 Å². The van der Waals surface area contributed by atoms with E-state index in [1.54, 1.807) is 0 Å². The Morgan fingerprint density at radius 3 is 2.64 bits per heavy atom. The number of H-pyrrole nitrogens is 1. The molecule has 6 heterocycles. The van der Waals surface area contributed by atoms with E-state index >= 15 is 4.39 Å². The number of nitrogens with one attached hydrogen (secondary N) is 1. The van der Waals surface area contributed by atoms with Crippen LogP contribution in [0.25, 0.3) is 22.3 Å². The van der Waals surface area contributed by atoms with Gasteiger partial charge in [0.2, 0.25) is 13.2 Å². The molecule has 244 valence electrons. The van der Waals surface area contributed by atoms with Crippen LogP contribution in [0.5, 0.6) is 0 Å². The maximum atomic E-state index is 15.7. The van der Waals surface area contributed by atoms with Gasteiger partial charge in [-0.05, 0) is 0 Å². The lowest BCUT2D eigenvalue weighted by Crippen LogP contribution is -2.35. The number of imidazole rings is 2. The molecule has 2 fully saturated rings. The second-order valence-electron chi connectivity index (χ2n) is 9.79. The minimum atomic E-state index is -4.40. The van der Waals surface area contributed by atoms with Gasteiger partial charge < -0.3 is 30.9 Å². The van der Waals surface area contributed by atoms with Crippen molar-refractivity contribution in [2.24, 2.45) is 0 Å². The summed E-state index contributed by atoms with van der Waals surface area (Å²) < 4.78 is 65.9. The zero-order chi connectivity index (χ0) is 32.2. The Balaban J connectivity index is 1.22. The van der Waals surface area contributed by atoms with Crippen LogP contribution in [0, 0.1) is 0 Å². The zero-order valence-electron chi connectivity index (χ0n) is 22.4. The maximum absolute atomic E-state index is 15.7. The molecule has 25 heteroatoms. The fourth-order valence-electron chi connectivity index (χ4n) is 5.05. The second kappa shape index (κ2) is 12.7. The summed E-state index contributed by atoms with van der Waals surface area (Å²) in [5.41, 5.74) is 11.2. The van der Waals surface area contributed by atoms with E-state index in [9.17, 15) is 24.1 Å². The van der Waals surface area contributed by atoms with Gasteiger partial charge in [0.1, 0.15) is 35.5 Å². The van der Waals surface area contributed by atoms with Crippen molar-refractivity contribution in [2.75, 3.05) is 24.7 Å². The van der Waals surface area contributed by atoms with E-state index in [1.807, 2.05) is 0 Å². The molecule has 2 aliphatic heterocycles. The predicted octanol–water partition coefficient (Wildman–Crippen LogP) is 0.471. The van der Waals surface area contributed by atoms with Gasteiger partial charge in [0, 0.05) is 0 Å². The molecule has 3 unspecified atom stereocenters. The quantitative estimate of drug-likeness (QED) is 0.0864. The van der Waals surface area contributed by atoms with Gasteiger partial charge in [-0.15, -0.1) is 11.8 Å². The minimum Gasteiger partial charge on any atom is -0.395 e. The monoisotopic (exact) mass is 726 g/mol. The van der Waals surface area contributed by atoms with Crippen molar-refractivity contribution in [3.8, 4) is 0 Å². The normalized spacial score (nSPS) is 30.7. The fourth-order valence-corrected chi connectivity index (χ4v) is 8.90. The first-order valence-electron chi connectivity index (χ1n) is 12.8. The van der Waals surface area contributed by atoms with E-state index in [2.05, 4.69) is 54.4 Å². The minimum absolute atomic E-state index is 0.0449. The molecule has 10 atom stereocenters. The Bertz CT molecular complexity index is 1870. The zero-order valence-corrected chi connectivity index (χ0v) is 26.9. The molecule has 0 amide bonds. The van der Waals surface area contributed by atoms with Crippen molar-refractivity contribution in [1.82, 2.24) is 39.0 Å². The second-order valence-corrected chi connectivity index (χ2v) is 15.9. The van der Waals surface area contributed by atoms with Crippen LogP contribution in [-0.4, -0.2) is 98.3 Å². The van der Waals surface area contributed by atoms with Gasteiger partial charge >= 0.3 is 6.80 Å². The number of anilines is 2. The van der Waals surface area contributed by atoms with Gasteiger partial charge in [-0.2, -0.15) is 4.98 Å². The Morgan fingerprint density at radius 2 is 1.91 bits per heavy atom. The molecule has 6 rings (SSSR count). The average Bonchev–Trinajstić information content (AvgIpc) is 3.73. The highest BCUT2D eigenvalue weighted by atomic mass is 32.7. The molecular weight excluding hydrogens is 701 g/mol. The Labute approximate surface area is 266 Å². The molecule has 0 saturated carbocycles. The highest BCUT2D eigenvalue weighted by Crippen LogP contribution is 2.59. The van der Waals surface area contributed by atoms with E-state index in [4.69, 9.17) is 29.8 Å². The van der Waals surface area contributed by atoms with Crippen molar-refractivity contribution in [1.29, 1.82) is 0 Å². The van der Waals surface area contributed by atoms with Crippen LogP contribution >= 0.6 is 50.3 Å². The first-order valence-corrected chi connectivity index (χ1v) is 19.1. The van der Waals surface area contributed by atoms with Crippen LogP contribution in [-0.2, 0) is 27.4 Å². The topological polar surface area (TPSA) is 271 Å². The molecule has 0 radical (unpaired) electrons. The number of fused-ring (bicyclic) bond motifs is 2. The number of ether oxygens (including phenoxy) is 1. The molecular formula is C20H25FN10O9P2S3. The standard InChI is InChI=1S/C20H25FN10O9P2S3/c21-8-12(39-41(35)43)6(38-18(8)30-4-26-9-14(22)24-3-25-15(9)30)2-37-42(36,44)40-13-11(33)7(1-32)45-19(13)31-5-27-10-16(31)28-20(23)29-17(10)34/h3-8,11-13,18-19,32-33,41H,1-2H2,(H,35,43)(H,36,44)(H2,22,24,25)(H3,23,28,29,34)/t6-,7-,8+,11-,12-,13-,18?,19-,42?/m1/s1. The number of aromatic nitrogens is 8. The molecule has 19 nitrogen and oxygen atoms in total. The number of thiol groups is 2. The molecule has 0 aromatic carbocycles. The third kappa shape index (κ3) is 6.23. The number of aromatic amines is 1. The highest BCUT2D eigenvalue weighted by Gasteiger charge is 2.51. The summed E-state index contributed by atoms with van der Waals surface area (Å²) in [5, 5.41) is 19.0. The number of hydrogen-bond donors (Lipinski definition) is 7. The smallest absolute Gasteiger partial charge is 0.386 e. The number of halogens is 1. The molecule has 0 bridgehead atoms. The highest BCUT2D eigenvalue weighted by molar-refractivity contribution is 8.44. The Morgan fingerprint density at radius 1 is 1.18 bits per heavy atom. The largest absolute Gasteiger partial charge is 0.395 e. The van der Waals surface area contributed by atoms with Crippen LogP contribution in [0.2, 0.25) is 0 Å².